The third-order valence-corrected chi connectivity index (χ3v) is 3.98. The van der Waals surface area contributed by atoms with Crippen molar-refractivity contribution in [3.05, 3.63) is 51.0 Å². The van der Waals surface area contributed by atoms with Crippen LogP contribution in [0.3, 0.4) is 0 Å². The smallest absolute Gasteiger partial charge is 0.231 e. The second-order valence-corrected chi connectivity index (χ2v) is 5.51. The SMILES string of the molecule is Clc1ccc(CNc2cc3c(cc2Cl)OCO3)cc1Cl. The van der Waals surface area contributed by atoms with Crippen LogP contribution >= 0.6 is 34.8 Å². The van der Waals surface area contributed by atoms with Gasteiger partial charge in [-0.15, -0.1) is 0 Å². The summed E-state index contributed by atoms with van der Waals surface area (Å²) < 4.78 is 10.6. The first kappa shape index (κ1) is 13.7. The Morgan fingerprint density at radius 2 is 1.65 bits per heavy atom. The van der Waals surface area contributed by atoms with E-state index in [4.69, 9.17) is 44.3 Å². The Hall–Kier alpha value is -1.29. The molecule has 0 spiro atoms. The summed E-state index contributed by atoms with van der Waals surface area (Å²) in [6.07, 6.45) is 0. The van der Waals surface area contributed by atoms with Crippen molar-refractivity contribution in [2.24, 2.45) is 0 Å². The minimum atomic E-state index is 0.224. The monoisotopic (exact) mass is 329 g/mol. The van der Waals surface area contributed by atoms with Gasteiger partial charge in [-0.1, -0.05) is 40.9 Å². The molecule has 1 N–H and O–H groups in total. The van der Waals surface area contributed by atoms with Gasteiger partial charge >= 0.3 is 0 Å². The topological polar surface area (TPSA) is 30.5 Å². The molecule has 2 aromatic carbocycles. The third kappa shape index (κ3) is 2.75. The molecule has 0 aliphatic carbocycles. The number of benzene rings is 2. The average molecular weight is 331 g/mol. The number of halogens is 3. The molecule has 0 amide bonds. The number of fused-ring (bicyclic) bond motifs is 1. The van der Waals surface area contributed by atoms with Gasteiger partial charge in [-0.3, -0.25) is 0 Å². The van der Waals surface area contributed by atoms with Crippen LogP contribution in [0.2, 0.25) is 15.1 Å². The number of rotatable bonds is 3. The van der Waals surface area contributed by atoms with Crippen LogP contribution < -0.4 is 14.8 Å². The van der Waals surface area contributed by atoms with Gasteiger partial charge in [0.2, 0.25) is 6.79 Å². The highest BCUT2D eigenvalue weighted by Gasteiger charge is 2.16. The van der Waals surface area contributed by atoms with Crippen LogP contribution in [0.25, 0.3) is 0 Å². The maximum Gasteiger partial charge on any atom is 0.231 e. The molecule has 0 atom stereocenters. The van der Waals surface area contributed by atoms with Gasteiger partial charge in [0.25, 0.3) is 0 Å². The number of hydrogen-bond acceptors (Lipinski definition) is 3. The number of nitrogens with one attached hydrogen (secondary N) is 1. The Morgan fingerprint density at radius 1 is 0.900 bits per heavy atom. The molecule has 0 bridgehead atoms. The molecule has 1 heterocycles. The Morgan fingerprint density at radius 3 is 2.40 bits per heavy atom. The van der Waals surface area contributed by atoms with Crippen molar-refractivity contribution < 1.29 is 9.47 Å². The molecule has 0 saturated carbocycles. The predicted molar refractivity (Wildman–Crippen MR) is 81.4 cm³/mol. The van der Waals surface area contributed by atoms with Crippen LogP contribution in [0.15, 0.2) is 30.3 Å². The van der Waals surface area contributed by atoms with E-state index < -0.39 is 0 Å². The maximum absolute atomic E-state index is 6.19. The van der Waals surface area contributed by atoms with Gasteiger partial charge in [-0.05, 0) is 17.7 Å². The second-order valence-electron chi connectivity index (χ2n) is 4.29. The highest BCUT2D eigenvalue weighted by molar-refractivity contribution is 6.42. The summed E-state index contributed by atoms with van der Waals surface area (Å²) in [5.41, 5.74) is 1.79. The fourth-order valence-electron chi connectivity index (χ4n) is 1.90. The van der Waals surface area contributed by atoms with Crippen LogP contribution in [0.4, 0.5) is 5.69 Å². The largest absolute Gasteiger partial charge is 0.454 e. The van der Waals surface area contributed by atoms with Gasteiger partial charge < -0.3 is 14.8 Å². The van der Waals surface area contributed by atoms with Crippen LogP contribution in [-0.2, 0) is 6.54 Å². The normalized spacial score (nSPS) is 12.6. The third-order valence-electron chi connectivity index (χ3n) is 2.93. The minimum Gasteiger partial charge on any atom is -0.454 e. The zero-order valence-corrected chi connectivity index (χ0v) is 12.5. The highest BCUT2D eigenvalue weighted by atomic mass is 35.5. The van der Waals surface area contributed by atoms with Crippen LogP contribution in [0.5, 0.6) is 11.5 Å². The minimum absolute atomic E-state index is 0.224. The van der Waals surface area contributed by atoms with Crippen LogP contribution in [0.1, 0.15) is 5.56 Å². The maximum atomic E-state index is 6.19. The summed E-state index contributed by atoms with van der Waals surface area (Å²) in [4.78, 5) is 0. The Labute approximate surface area is 131 Å². The second kappa shape index (κ2) is 5.60. The average Bonchev–Trinajstić information content (AvgIpc) is 2.87. The van der Waals surface area contributed by atoms with Crippen molar-refractivity contribution in [1.82, 2.24) is 0 Å². The quantitative estimate of drug-likeness (QED) is 0.860. The molecule has 1 aliphatic heterocycles. The summed E-state index contributed by atoms with van der Waals surface area (Å²) >= 11 is 18.0. The zero-order chi connectivity index (χ0) is 14.1. The Kier molecular flexibility index (Phi) is 3.83. The molecule has 0 unspecified atom stereocenters. The number of ether oxygens (including phenoxy) is 2. The molecule has 2 aromatic rings. The number of hydrogen-bond donors (Lipinski definition) is 1. The molecular formula is C14H10Cl3NO2. The van der Waals surface area contributed by atoms with E-state index in [0.29, 0.717) is 33.1 Å². The highest BCUT2D eigenvalue weighted by Crippen LogP contribution is 2.39. The molecule has 1 aliphatic rings. The lowest BCUT2D eigenvalue weighted by Crippen LogP contribution is -2.00. The van der Waals surface area contributed by atoms with E-state index in [0.717, 1.165) is 11.3 Å². The Balaban J connectivity index is 1.76. The Bertz CT molecular complexity index is 661. The lowest BCUT2D eigenvalue weighted by molar-refractivity contribution is 0.174. The van der Waals surface area contributed by atoms with E-state index in [1.165, 1.54) is 0 Å². The first-order chi connectivity index (χ1) is 9.63. The fourth-order valence-corrected chi connectivity index (χ4v) is 2.44. The van der Waals surface area contributed by atoms with Gasteiger partial charge in [0.15, 0.2) is 11.5 Å². The van der Waals surface area contributed by atoms with E-state index in [1.54, 1.807) is 12.1 Å². The molecule has 3 rings (SSSR count). The summed E-state index contributed by atoms with van der Waals surface area (Å²) in [7, 11) is 0. The molecule has 0 radical (unpaired) electrons. The molecule has 0 saturated heterocycles. The van der Waals surface area contributed by atoms with Crippen molar-refractivity contribution >= 4 is 40.5 Å². The van der Waals surface area contributed by atoms with Crippen molar-refractivity contribution in [2.75, 3.05) is 12.1 Å². The van der Waals surface area contributed by atoms with E-state index in [1.807, 2.05) is 18.2 Å². The summed E-state index contributed by atoms with van der Waals surface area (Å²) in [5.74, 6) is 1.35. The van der Waals surface area contributed by atoms with Crippen molar-refractivity contribution in [1.29, 1.82) is 0 Å². The molecule has 0 aromatic heterocycles. The van der Waals surface area contributed by atoms with Crippen molar-refractivity contribution in [3.8, 4) is 11.5 Å². The molecule has 0 fully saturated rings. The molecular weight excluding hydrogens is 321 g/mol. The van der Waals surface area contributed by atoms with Gasteiger partial charge in [-0.2, -0.15) is 0 Å². The van der Waals surface area contributed by atoms with Gasteiger partial charge in [0, 0.05) is 18.7 Å². The van der Waals surface area contributed by atoms with Gasteiger partial charge in [0.1, 0.15) is 0 Å². The molecule has 3 nitrogen and oxygen atoms in total. The summed E-state index contributed by atoms with van der Waals surface area (Å²) in [5, 5.41) is 4.88. The van der Waals surface area contributed by atoms with Crippen LogP contribution in [-0.4, -0.2) is 6.79 Å². The van der Waals surface area contributed by atoms with Crippen molar-refractivity contribution in [3.63, 3.8) is 0 Å². The fraction of sp³-hybridized carbons (Fsp3) is 0.143. The van der Waals surface area contributed by atoms with E-state index in [2.05, 4.69) is 5.32 Å². The van der Waals surface area contributed by atoms with E-state index in [9.17, 15) is 0 Å². The molecule has 20 heavy (non-hydrogen) atoms. The zero-order valence-electron chi connectivity index (χ0n) is 10.3. The lowest BCUT2D eigenvalue weighted by Gasteiger charge is -2.10. The first-order valence-corrected chi connectivity index (χ1v) is 7.04. The molecule has 104 valence electrons. The van der Waals surface area contributed by atoms with E-state index in [-0.39, 0.29) is 6.79 Å². The summed E-state index contributed by atoms with van der Waals surface area (Å²) in [6, 6.07) is 9.05. The number of anilines is 1. The molecule has 6 heteroatoms. The van der Waals surface area contributed by atoms with E-state index >= 15 is 0 Å². The summed E-state index contributed by atoms with van der Waals surface area (Å²) in [6.45, 7) is 0.804. The predicted octanol–water partition coefficient (Wildman–Crippen LogP) is 4.99. The van der Waals surface area contributed by atoms with Crippen LogP contribution in [0, 0.1) is 0 Å². The van der Waals surface area contributed by atoms with Gasteiger partial charge in [-0.25, -0.2) is 0 Å². The standard InChI is InChI=1S/C14H10Cl3NO2/c15-9-2-1-8(3-10(9)16)6-18-12-5-14-13(4-11(12)17)19-7-20-14/h1-5,18H,6-7H2. The lowest BCUT2D eigenvalue weighted by atomic mass is 10.2. The van der Waals surface area contributed by atoms with Crippen molar-refractivity contribution in [2.45, 2.75) is 6.54 Å². The first-order valence-electron chi connectivity index (χ1n) is 5.90. The van der Waals surface area contributed by atoms with Gasteiger partial charge in [0.05, 0.1) is 20.8 Å².